The number of hydrogen-bond donors (Lipinski definition) is 2. The van der Waals surface area contributed by atoms with Gasteiger partial charge in [0.15, 0.2) is 0 Å². The molecular weight excluding hydrogens is 305 g/mol. The van der Waals surface area contributed by atoms with E-state index in [4.69, 9.17) is 11.6 Å². The molecular formula is C12H13BrClNO2. The summed E-state index contributed by atoms with van der Waals surface area (Å²) in [7, 11) is 0. The summed E-state index contributed by atoms with van der Waals surface area (Å²) in [5, 5.41) is 13.4. The zero-order valence-corrected chi connectivity index (χ0v) is 11.5. The van der Waals surface area contributed by atoms with E-state index in [1.165, 1.54) is 18.2 Å². The minimum absolute atomic E-state index is 0.0428. The SMILES string of the molecule is O=C(NCC1(CBr)CC1)c1cc(O)ccc1Cl. The summed E-state index contributed by atoms with van der Waals surface area (Å²) in [5.41, 5.74) is 0.538. The van der Waals surface area contributed by atoms with Crippen LogP contribution in [0.15, 0.2) is 18.2 Å². The monoisotopic (exact) mass is 317 g/mol. The first kappa shape index (κ1) is 12.7. The van der Waals surface area contributed by atoms with Crippen LogP contribution in [0.4, 0.5) is 0 Å². The molecule has 1 aromatic carbocycles. The lowest BCUT2D eigenvalue weighted by Crippen LogP contribution is -2.31. The summed E-state index contributed by atoms with van der Waals surface area (Å²) >= 11 is 9.36. The van der Waals surface area contributed by atoms with Crippen molar-refractivity contribution in [1.29, 1.82) is 0 Å². The van der Waals surface area contributed by atoms with Gasteiger partial charge < -0.3 is 10.4 Å². The van der Waals surface area contributed by atoms with E-state index in [0.29, 0.717) is 17.1 Å². The molecule has 0 saturated heterocycles. The highest BCUT2D eigenvalue weighted by Gasteiger charge is 2.41. The van der Waals surface area contributed by atoms with E-state index in [9.17, 15) is 9.90 Å². The second kappa shape index (κ2) is 4.86. The van der Waals surface area contributed by atoms with Gasteiger partial charge in [0.25, 0.3) is 5.91 Å². The summed E-state index contributed by atoms with van der Waals surface area (Å²) in [4.78, 5) is 11.9. The maximum absolute atomic E-state index is 11.9. The third-order valence-electron chi connectivity index (χ3n) is 3.06. The summed E-state index contributed by atoms with van der Waals surface area (Å²) in [5.74, 6) is -0.195. The van der Waals surface area contributed by atoms with E-state index in [1.54, 1.807) is 0 Å². The highest BCUT2D eigenvalue weighted by molar-refractivity contribution is 9.09. The number of phenolic OH excluding ortho intramolecular Hbond substituents is 1. The Bertz CT molecular complexity index is 446. The van der Waals surface area contributed by atoms with Crippen LogP contribution >= 0.6 is 27.5 Å². The zero-order valence-electron chi connectivity index (χ0n) is 9.17. The molecule has 0 bridgehead atoms. The van der Waals surface area contributed by atoms with Crippen LogP contribution in [0, 0.1) is 5.41 Å². The van der Waals surface area contributed by atoms with Crippen molar-refractivity contribution in [1.82, 2.24) is 5.32 Å². The van der Waals surface area contributed by atoms with E-state index < -0.39 is 0 Å². The van der Waals surface area contributed by atoms with Crippen LogP contribution in [-0.4, -0.2) is 22.9 Å². The van der Waals surface area contributed by atoms with E-state index in [1.807, 2.05) is 0 Å². The van der Waals surface area contributed by atoms with E-state index in [0.717, 1.165) is 18.2 Å². The quantitative estimate of drug-likeness (QED) is 0.839. The van der Waals surface area contributed by atoms with Crippen LogP contribution < -0.4 is 5.32 Å². The fraction of sp³-hybridized carbons (Fsp3) is 0.417. The largest absolute Gasteiger partial charge is 0.508 e. The number of aromatic hydroxyl groups is 1. The predicted octanol–water partition coefficient (Wildman–Crippen LogP) is 2.95. The number of rotatable bonds is 4. The molecule has 1 aromatic rings. The van der Waals surface area contributed by atoms with Gasteiger partial charge in [0.2, 0.25) is 0 Å². The molecule has 0 aliphatic heterocycles. The smallest absolute Gasteiger partial charge is 0.252 e. The number of halogens is 2. The van der Waals surface area contributed by atoms with E-state index in [2.05, 4.69) is 21.2 Å². The topological polar surface area (TPSA) is 49.3 Å². The van der Waals surface area contributed by atoms with Crippen LogP contribution in [0.3, 0.4) is 0 Å². The molecule has 1 amide bonds. The van der Waals surface area contributed by atoms with Crippen molar-refractivity contribution in [2.24, 2.45) is 5.41 Å². The van der Waals surface area contributed by atoms with Gasteiger partial charge in [-0.15, -0.1) is 0 Å². The number of carbonyl (C=O) groups excluding carboxylic acids is 1. The summed E-state index contributed by atoms with van der Waals surface area (Å²) in [6.07, 6.45) is 2.26. The molecule has 0 spiro atoms. The van der Waals surface area contributed by atoms with E-state index in [-0.39, 0.29) is 17.1 Å². The maximum Gasteiger partial charge on any atom is 0.252 e. The van der Waals surface area contributed by atoms with Crippen molar-refractivity contribution in [3.8, 4) is 5.75 Å². The van der Waals surface area contributed by atoms with Crippen molar-refractivity contribution in [3.63, 3.8) is 0 Å². The second-order valence-electron chi connectivity index (χ2n) is 4.48. The molecule has 1 aliphatic rings. The number of hydrogen-bond acceptors (Lipinski definition) is 2. The Balaban J connectivity index is 2.02. The van der Waals surface area contributed by atoms with Gasteiger partial charge in [-0.2, -0.15) is 0 Å². The molecule has 2 rings (SSSR count). The lowest BCUT2D eigenvalue weighted by atomic mass is 10.1. The normalized spacial score (nSPS) is 16.6. The first-order valence-electron chi connectivity index (χ1n) is 5.39. The third-order valence-corrected chi connectivity index (χ3v) is 4.58. The van der Waals surface area contributed by atoms with Gasteiger partial charge in [-0.25, -0.2) is 0 Å². The Morgan fingerprint density at radius 3 is 2.82 bits per heavy atom. The Morgan fingerprint density at radius 2 is 2.24 bits per heavy atom. The number of alkyl halides is 1. The van der Waals surface area contributed by atoms with Gasteiger partial charge in [0, 0.05) is 11.9 Å². The minimum Gasteiger partial charge on any atom is -0.508 e. The van der Waals surface area contributed by atoms with Gasteiger partial charge in [0.05, 0.1) is 10.6 Å². The second-order valence-corrected chi connectivity index (χ2v) is 5.45. The van der Waals surface area contributed by atoms with Crippen LogP contribution in [-0.2, 0) is 0 Å². The fourth-order valence-corrected chi connectivity index (χ4v) is 2.55. The van der Waals surface area contributed by atoms with Crippen molar-refractivity contribution < 1.29 is 9.90 Å². The minimum atomic E-state index is -0.238. The average Bonchev–Trinajstić information content (AvgIpc) is 3.10. The number of benzene rings is 1. The van der Waals surface area contributed by atoms with Gasteiger partial charge in [-0.3, -0.25) is 4.79 Å². The van der Waals surface area contributed by atoms with Crippen LogP contribution in [0.5, 0.6) is 5.75 Å². The van der Waals surface area contributed by atoms with Crippen molar-refractivity contribution >= 4 is 33.4 Å². The first-order valence-corrected chi connectivity index (χ1v) is 6.89. The third kappa shape index (κ3) is 2.93. The number of amides is 1. The van der Waals surface area contributed by atoms with Crippen LogP contribution in [0.25, 0.3) is 0 Å². The number of carbonyl (C=O) groups is 1. The molecule has 2 N–H and O–H groups in total. The van der Waals surface area contributed by atoms with E-state index >= 15 is 0 Å². The molecule has 1 saturated carbocycles. The molecule has 92 valence electrons. The van der Waals surface area contributed by atoms with Gasteiger partial charge in [-0.1, -0.05) is 27.5 Å². The molecule has 17 heavy (non-hydrogen) atoms. The molecule has 0 radical (unpaired) electrons. The average molecular weight is 319 g/mol. The predicted molar refractivity (Wildman–Crippen MR) is 70.9 cm³/mol. The van der Waals surface area contributed by atoms with Crippen LogP contribution in [0.1, 0.15) is 23.2 Å². The molecule has 3 nitrogen and oxygen atoms in total. The molecule has 1 aliphatic carbocycles. The fourth-order valence-electron chi connectivity index (χ4n) is 1.58. The molecule has 0 unspecified atom stereocenters. The Morgan fingerprint density at radius 1 is 1.53 bits per heavy atom. The van der Waals surface area contributed by atoms with Gasteiger partial charge in [-0.05, 0) is 36.5 Å². The summed E-state index contributed by atoms with van der Waals surface area (Å²) in [6.45, 7) is 0.642. The lowest BCUT2D eigenvalue weighted by molar-refractivity contribution is 0.0946. The molecule has 0 aromatic heterocycles. The Hall–Kier alpha value is -0.740. The van der Waals surface area contributed by atoms with Gasteiger partial charge >= 0.3 is 0 Å². The maximum atomic E-state index is 11.9. The Kier molecular flexibility index (Phi) is 3.64. The summed E-state index contributed by atoms with van der Waals surface area (Å²) < 4.78 is 0. The molecule has 0 heterocycles. The molecule has 5 heteroatoms. The highest BCUT2D eigenvalue weighted by atomic mass is 79.9. The van der Waals surface area contributed by atoms with Gasteiger partial charge in [0.1, 0.15) is 5.75 Å². The molecule has 1 fully saturated rings. The zero-order chi connectivity index (χ0) is 12.5. The van der Waals surface area contributed by atoms with Crippen molar-refractivity contribution in [3.05, 3.63) is 28.8 Å². The number of nitrogens with one attached hydrogen (secondary N) is 1. The lowest BCUT2D eigenvalue weighted by Gasteiger charge is -2.13. The van der Waals surface area contributed by atoms with Crippen molar-refractivity contribution in [2.45, 2.75) is 12.8 Å². The first-order chi connectivity index (χ1) is 8.06. The van der Waals surface area contributed by atoms with Crippen molar-refractivity contribution in [2.75, 3.05) is 11.9 Å². The van der Waals surface area contributed by atoms with Crippen LogP contribution in [0.2, 0.25) is 5.02 Å². The standard InChI is InChI=1S/C12H13BrClNO2/c13-6-12(3-4-12)7-15-11(17)9-5-8(16)1-2-10(9)14/h1-2,5,16H,3-4,6-7H2,(H,15,17). The highest BCUT2D eigenvalue weighted by Crippen LogP contribution is 2.46. The molecule has 0 atom stereocenters. The Labute approximate surface area is 113 Å². The summed E-state index contributed by atoms with van der Waals surface area (Å²) in [6, 6.07) is 4.36. The number of phenols is 1.